The molecule has 0 radical (unpaired) electrons. The van der Waals surface area contributed by atoms with Crippen molar-refractivity contribution in [1.29, 1.82) is 0 Å². The average Bonchev–Trinajstić information content (AvgIpc) is 2.14. The maximum atomic E-state index is 5.70. The Morgan fingerprint density at radius 1 is 1.21 bits per heavy atom. The zero-order chi connectivity index (χ0) is 10.6. The maximum Gasteiger partial charge on any atom is 0.153 e. The highest BCUT2D eigenvalue weighted by Crippen LogP contribution is 2.03. The molecular formula is C10H14N4. The molecule has 0 aliphatic rings. The van der Waals surface area contributed by atoms with E-state index in [0.717, 1.165) is 11.1 Å². The summed E-state index contributed by atoms with van der Waals surface area (Å²) in [6.07, 6.45) is 0. The van der Waals surface area contributed by atoms with Crippen LogP contribution in [0.2, 0.25) is 0 Å². The molecule has 0 bridgehead atoms. The fourth-order valence-electron chi connectivity index (χ4n) is 0.995. The summed E-state index contributed by atoms with van der Waals surface area (Å²) < 4.78 is 0. The van der Waals surface area contributed by atoms with Crippen molar-refractivity contribution in [2.24, 2.45) is 21.7 Å². The highest BCUT2D eigenvalue weighted by atomic mass is 15.2. The summed E-state index contributed by atoms with van der Waals surface area (Å²) in [4.78, 5) is 0. The Kier molecular flexibility index (Phi) is 3.23. The van der Waals surface area contributed by atoms with Crippen molar-refractivity contribution in [3.63, 3.8) is 0 Å². The van der Waals surface area contributed by atoms with E-state index in [0.29, 0.717) is 11.7 Å². The predicted molar refractivity (Wildman–Crippen MR) is 59.2 cm³/mol. The van der Waals surface area contributed by atoms with Gasteiger partial charge < -0.3 is 11.5 Å². The zero-order valence-corrected chi connectivity index (χ0v) is 8.36. The largest absolute Gasteiger partial charge is 0.386 e. The van der Waals surface area contributed by atoms with Gasteiger partial charge >= 0.3 is 0 Å². The minimum Gasteiger partial charge on any atom is -0.386 e. The van der Waals surface area contributed by atoms with Crippen LogP contribution in [0.15, 0.2) is 34.5 Å². The average molecular weight is 190 g/mol. The number of hydrogen-bond donors (Lipinski definition) is 2. The molecule has 0 saturated heterocycles. The summed E-state index contributed by atoms with van der Waals surface area (Å²) in [5, 5.41) is 7.48. The second-order valence-electron chi connectivity index (χ2n) is 3.10. The van der Waals surface area contributed by atoms with Gasteiger partial charge in [-0.15, -0.1) is 10.2 Å². The first-order valence-corrected chi connectivity index (χ1v) is 4.30. The second kappa shape index (κ2) is 4.41. The van der Waals surface area contributed by atoms with E-state index in [1.54, 1.807) is 6.92 Å². The Labute approximate surface area is 83.3 Å². The van der Waals surface area contributed by atoms with Crippen molar-refractivity contribution in [3.05, 3.63) is 35.4 Å². The van der Waals surface area contributed by atoms with E-state index in [1.807, 2.05) is 31.2 Å². The number of nitrogens with two attached hydrogens (primary N) is 2. The molecule has 1 rings (SSSR count). The van der Waals surface area contributed by atoms with Gasteiger partial charge in [-0.25, -0.2) is 0 Å². The highest BCUT2D eigenvalue weighted by molar-refractivity contribution is 5.97. The van der Waals surface area contributed by atoms with Crippen LogP contribution in [-0.4, -0.2) is 11.7 Å². The summed E-state index contributed by atoms with van der Waals surface area (Å²) in [6.45, 7) is 3.65. The zero-order valence-electron chi connectivity index (χ0n) is 8.36. The van der Waals surface area contributed by atoms with Crippen LogP contribution < -0.4 is 11.5 Å². The van der Waals surface area contributed by atoms with E-state index >= 15 is 0 Å². The van der Waals surface area contributed by atoms with E-state index in [9.17, 15) is 0 Å². The highest BCUT2D eigenvalue weighted by Gasteiger charge is 1.97. The van der Waals surface area contributed by atoms with Gasteiger partial charge in [-0.05, 0) is 19.9 Å². The minimum absolute atomic E-state index is 0.374. The molecule has 0 unspecified atom stereocenters. The standard InChI is InChI=1S/C10H14N4/c1-7-4-3-5-9(6-7)10(12)14-13-8(2)11/h3-6H,1-2H3,(H2,11,13)(H2,12,14). The third-order valence-electron chi connectivity index (χ3n) is 1.63. The molecule has 0 aromatic heterocycles. The number of rotatable bonds is 2. The molecule has 14 heavy (non-hydrogen) atoms. The maximum absolute atomic E-state index is 5.70. The third kappa shape index (κ3) is 2.90. The van der Waals surface area contributed by atoms with Gasteiger partial charge in [0.15, 0.2) is 5.84 Å². The van der Waals surface area contributed by atoms with Gasteiger partial charge in [-0.3, -0.25) is 0 Å². The van der Waals surface area contributed by atoms with Crippen molar-refractivity contribution in [1.82, 2.24) is 0 Å². The van der Waals surface area contributed by atoms with Gasteiger partial charge in [0, 0.05) is 5.56 Å². The van der Waals surface area contributed by atoms with Crippen LogP contribution in [0.3, 0.4) is 0 Å². The molecule has 0 atom stereocenters. The van der Waals surface area contributed by atoms with Crippen LogP contribution in [0.25, 0.3) is 0 Å². The molecule has 74 valence electrons. The minimum atomic E-state index is 0.374. The first kappa shape index (κ1) is 10.2. The van der Waals surface area contributed by atoms with Gasteiger partial charge in [0.25, 0.3) is 0 Å². The summed E-state index contributed by atoms with van der Waals surface area (Å²) in [5.74, 6) is 0.763. The van der Waals surface area contributed by atoms with Crippen molar-refractivity contribution in [3.8, 4) is 0 Å². The van der Waals surface area contributed by atoms with Gasteiger partial charge in [0.1, 0.15) is 5.84 Å². The van der Waals surface area contributed by atoms with E-state index in [1.165, 1.54) is 0 Å². The van der Waals surface area contributed by atoms with E-state index < -0.39 is 0 Å². The normalized spacial score (nSPS) is 13.0. The smallest absolute Gasteiger partial charge is 0.153 e. The number of nitrogens with zero attached hydrogens (tertiary/aromatic N) is 2. The van der Waals surface area contributed by atoms with Crippen LogP contribution in [0.4, 0.5) is 0 Å². The van der Waals surface area contributed by atoms with Crippen molar-refractivity contribution in [2.75, 3.05) is 0 Å². The number of amidine groups is 2. The molecular weight excluding hydrogens is 176 g/mol. The molecule has 0 aliphatic heterocycles. The lowest BCUT2D eigenvalue weighted by Crippen LogP contribution is -2.14. The Morgan fingerprint density at radius 3 is 2.50 bits per heavy atom. The van der Waals surface area contributed by atoms with Crippen LogP contribution in [0.5, 0.6) is 0 Å². The molecule has 1 aromatic rings. The predicted octanol–water partition coefficient (Wildman–Crippen LogP) is 0.992. The molecule has 0 aliphatic carbocycles. The number of aryl methyl sites for hydroxylation is 1. The van der Waals surface area contributed by atoms with E-state index in [4.69, 9.17) is 11.5 Å². The van der Waals surface area contributed by atoms with Gasteiger partial charge in [-0.1, -0.05) is 23.8 Å². The van der Waals surface area contributed by atoms with Gasteiger partial charge in [0.05, 0.1) is 0 Å². The molecule has 4 nitrogen and oxygen atoms in total. The van der Waals surface area contributed by atoms with Crippen LogP contribution in [-0.2, 0) is 0 Å². The van der Waals surface area contributed by atoms with E-state index in [-0.39, 0.29) is 0 Å². The number of benzene rings is 1. The SMILES string of the molecule is C/C(N)=N/N=C(\N)c1cccc(C)c1. The molecule has 0 amide bonds. The first-order chi connectivity index (χ1) is 6.59. The molecule has 1 aromatic carbocycles. The second-order valence-corrected chi connectivity index (χ2v) is 3.10. The first-order valence-electron chi connectivity index (χ1n) is 4.30. The van der Waals surface area contributed by atoms with Crippen LogP contribution in [0, 0.1) is 6.92 Å². The Hall–Kier alpha value is -1.84. The Bertz CT molecular complexity index is 375. The summed E-state index contributed by atoms with van der Waals surface area (Å²) >= 11 is 0. The van der Waals surface area contributed by atoms with Gasteiger partial charge in [0.2, 0.25) is 0 Å². The molecule has 0 fully saturated rings. The Morgan fingerprint density at radius 2 is 1.93 bits per heavy atom. The molecule has 4 N–H and O–H groups in total. The lowest BCUT2D eigenvalue weighted by molar-refractivity contribution is 1.20. The summed E-state index contributed by atoms with van der Waals surface area (Å²) in [5.41, 5.74) is 13.0. The molecule has 0 saturated carbocycles. The molecule has 4 heteroatoms. The lowest BCUT2D eigenvalue weighted by atomic mass is 10.1. The molecule has 0 spiro atoms. The van der Waals surface area contributed by atoms with Crippen molar-refractivity contribution < 1.29 is 0 Å². The van der Waals surface area contributed by atoms with Crippen molar-refractivity contribution in [2.45, 2.75) is 13.8 Å². The lowest BCUT2D eigenvalue weighted by Gasteiger charge is -1.99. The summed E-state index contributed by atoms with van der Waals surface area (Å²) in [7, 11) is 0. The fourth-order valence-corrected chi connectivity index (χ4v) is 0.995. The monoisotopic (exact) mass is 190 g/mol. The van der Waals surface area contributed by atoms with Crippen molar-refractivity contribution >= 4 is 11.7 Å². The van der Waals surface area contributed by atoms with Gasteiger partial charge in [-0.2, -0.15) is 0 Å². The van der Waals surface area contributed by atoms with Crippen LogP contribution in [0.1, 0.15) is 18.1 Å². The summed E-state index contributed by atoms with van der Waals surface area (Å²) in [6, 6.07) is 7.74. The van der Waals surface area contributed by atoms with E-state index in [2.05, 4.69) is 10.2 Å². The number of hydrogen-bond acceptors (Lipinski definition) is 2. The molecule has 0 heterocycles. The fraction of sp³-hybridized carbons (Fsp3) is 0.200. The third-order valence-corrected chi connectivity index (χ3v) is 1.63. The van der Waals surface area contributed by atoms with Crippen LogP contribution >= 0.6 is 0 Å². The topological polar surface area (TPSA) is 76.8 Å². The quantitative estimate of drug-likeness (QED) is 0.414. The Balaban J connectivity index is 2.95.